The summed E-state index contributed by atoms with van der Waals surface area (Å²) in [5.74, 6) is 0.381. The van der Waals surface area contributed by atoms with E-state index in [0.717, 1.165) is 17.7 Å². The predicted molar refractivity (Wildman–Crippen MR) is 69.4 cm³/mol. The molecule has 0 aromatic carbocycles. The third-order valence-electron chi connectivity index (χ3n) is 2.76. The molecule has 0 aliphatic carbocycles. The standard InChI is InChI=1S/C12H17N5O/c1-3-5-17-6-4-13-11(12(17)18)14-7-10-8-15-16-9(10)2/h4,6,8H,3,5,7H2,1-2H3,(H,13,14)(H,15,16). The molecule has 0 saturated carbocycles. The molecule has 0 saturated heterocycles. The van der Waals surface area contributed by atoms with Gasteiger partial charge in [-0.15, -0.1) is 0 Å². The molecule has 0 unspecified atom stereocenters. The average Bonchev–Trinajstić information content (AvgIpc) is 2.76. The van der Waals surface area contributed by atoms with Crippen LogP contribution in [0.4, 0.5) is 5.82 Å². The van der Waals surface area contributed by atoms with Gasteiger partial charge in [-0.25, -0.2) is 4.98 Å². The Balaban J connectivity index is 2.12. The maximum absolute atomic E-state index is 12.0. The van der Waals surface area contributed by atoms with Gasteiger partial charge in [-0.3, -0.25) is 9.89 Å². The maximum Gasteiger partial charge on any atom is 0.293 e. The summed E-state index contributed by atoms with van der Waals surface area (Å²) in [6.07, 6.45) is 6.02. The smallest absolute Gasteiger partial charge is 0.293 e. The number of aromatic amines is 1. The van der Waals surface area contributed by atoms with Gasteiger partial charge >= 0.3 is 0 Å². The lowest BCUT2D eigenvalue weighted by atomic mass is 10.2. The molecule has 96 valence electrons. The molecule has 0 aliphatic rings. The van der Waals surface area contributed by atoms with Gasteiger partial charge in [0.05, 0.1) is 6.20 Å². The minimum Gasteiger partial charge on any atom is -0.361 e. The topological polar surface area (TPSA) is 75.6 Å². The monoisotopic (exact) mass is 247 g/mol. The van der Waals surface area contributed by atoms with Gasteiger partial charge in [0.2, 0.25) is 0 Å². The summed E-state index contributed by atoms with van der Waals surface area (Å²) in [5, 5.41) is 9.84. The quantitative estimate of drug-likeness (QED) is 0.835. The van der Waals surface area contributed by atoms with Crippen LogP contribution in [0.1, 0.15) is 24.6 Å². The van der Waals surface area contributed by atoms with E-state index in [2.05, 4.69) is 20.5 Å². The van der Waals surface area contributed by atoms with Crippen molar-refractivity contribution in [3.05, 3.63) is 40.2 Å². The van der Waals surface area contributed by atoms with E-state index in [1.165, 1.54) is 0 Å². The number of aryl methyl sites for hydroxylation is 2. The molecular formula is C12H17N5O. The Morgan fingerprint density at radius 1 is 1.50 bits per heavy atom. The molecule has 6 nitrogen and oxygen atoms in total. The highest BCUT2D eigenvalue weighted by Crippen LogP contribution is 2.04. The van der Waals surface area contributed by atoms with Crippen molar-refractivity contribution in [1.29, 1.82) is 0 Å². The number of nitrogens with zero attached hydrogens (tertiary/aromatic N) is 3. The largest absolute Gasteiger partial charge is 0.361 e. The maximum atomic E-state index is 12.0. The van der Waals surface area contributed by atoms with E-state index in [1.54, 1.807) is 23.2 Å². The molecule has 0 fully saturated rings. The summed E-state index contributed by atoms with van der Waals surface area (Å²) in [5.41, 5.74) is 1.94. The zero-order valence-electron chi connectivity index (χ0n) is 10.6. The number of rotatable bonds is 5. The Bertz CT molecular complexity index is 572. The van der Waals surface area contributed by atoms with Gasteiger partial charge in [-0.1, -0.05) is 6.92 Å². The van der Waals surface area contributed by atoms with Gasteiger partial charge in [-0.2, -0.15) is 5.10 Å². The first-order chi connectivity index (χ1) is 8.72. The number of anilines is 1. The van der Waals surface area contributed by atoms with Gasteiger partial charge in [0.25, 0.3) is 5.56 Å². The van der Waals surface area contributed by atoms with E-state index in [-0.39, 0.29) is 5.56 Å². The molecule has 2 aromatic heterocycles. The first-order valence-electron chi connectivity index (χ1n) is 6.00. The summed E-state index contributed by atoms with van der Waals surface area (Å²) in [7, 11) is 0. The van der Waals surface area contributed by atoms with Crippen LogP contribution in [0, 0.1) is 6.92 Å². The van der Waals surface area contributed by atoms with E-state index in [4.69, 9.17) is 0 Å². The molecule has 0 aliphatic heterocycles. The van der Waals surface area contributed by atoms with E-state index in [9.17, 15) is 4.79 Å². The van der Waals surface area contributed by atoms with Gasteiger partial charge in [0, 0.05) is 36.7 Å². The van der Waals surface area contributed by atoms with Crippen LogP contribution in [0.5, 0.6) is 0 Å². The lowest BCUT2D eigenvalue weighted by Gasteiger charge is -2.07. The van der Waals surface area contributed by atoms with Gasteiger partial charge in [-0.05, 0) is 13.3 Å². The van der Waals surface area contributed by atoms with E-state index >= 15 is 0 Å². The lowest BCUT2D eigenvalue weighted by Crippen LogP contribution is -2.24. The second-order valence-corrected chi connectivity index (χ2v) is 4.15. The SMILES string of the molecule is CCCn1ccnc(NCc2cn[nH]c2C)c1=O. The fraction of sp³-hybridized carbons (Fsp3) is 0.417. The first kappa shape index (κ1) is 12.3. The number of nitrogens with one attached hydrogen (secondary N) is 2. The minimum absolute atomic E-state index is 0.0829. The average molecular weight is 247 g/mol. The summed E-state index contributed by atoms with van der Waals surface area (Å²) >= 11 is 0. The Morgan fingerprint density at radius 3 is 3.00 bits per heavy atom. The predicted octanol–water partition coefficient (Wildman–Crippen LogP) is 1.30. The molecule has 0 radical (unpaired) electrons. The highest BCUT2D eigenvalue weighted by molar-refractivity contribution is 5.33. The normalized spacial score (nSPS) is 10.6. The molecule has 0 amide bonds. The van der Waals surface area contributed by atoms with Crippen molar-refractivity contribution in [2.75, 3.05) is 5.32 Å². The third-order valence-corrected chi connectivity index (χ3v) is 2.76. The summed E-state index contributed by atoms with van der Waals surface area (Å²) in [6, 6.07) is 0. The van der Waals surface area contributed by atoms with Crippen molar-refractivity contribution in [3.63, 3.8) is 0 Å². The van der Waals surface area contributed by atoms with Crippen LogP contribution >= 0.6 is 0 Å². The molecule has 2 rings (SSSR count). The first-order valence-corrected chi connectivity index (χ1v) is 6.00. The summed E-state index contributed by atoms with van der Waals surface area (Å²) in [6.45, 7) is 5.23. The molecule has 0 bridgehead atoms. The number of hydrogen-bond donors (Lipinski definition) is 2. The molecule has 2 heterocycles. The summed E-state index contributed by atoms with van der Waals surface area (Å²) in [4.78, 5) is 16.1. The Kier molecular flexibility index (Phi) is 3.76. The number of H-pyrrole nitrogens is 1. The van der Waals surface area contributed by atoms with Crippen LogP contribution in [-0.2, 0) is 13.1 Å². The molecule has 2 aromatic rings. The molecule has 18 heavy (non-hydrogen) atoms. The van der Waals surface area contributed by atoms with Gasteiger partial charge in [0.1, 0.15) is 0 Å². The Labute approximate surface area is 105 Å². The van der Waals surface area contributed by atoms with Crippen molar-refractivity contribution in [3.8, 4) is 0 Å². The molecule has 0 atom stereocenters. The summed E-state index contributed by atoms with van der Waals surface area (Å²) < 4.78 is 1.66. The number of aromatic nitrogens is 4. The van der Waals surface area contributed by atoms with Crippen LogP contribution in [0.2, 0.25) is 0 Å². The van der Waals surface area contributed by atoms with Gasteiger partial charge in [0.15, 0.2) is 5.82 Å². The minimum atomic E-state index is -0.0829. The van der Waals surface area contributed by atoms with Crippen molar-refractivity contribution >= 4 is 5.82 Å². The van der Waals surface area contributed by atoms with Crippen molar-refractivity contribution in [2.45, 2.75) is 33.4 Å². The van der Waals surface area contributed by atoms with Crippen LogP contribution < -0.4 is 10.9 Å². The highest BCUT2D eigenvalue weighted by Gasteiger charge is 2.05. The zero-order valence-corrected chi connectivity index (χ0v) is 10.6. The van der Waals surface area contributed by atoms with Crippen LogP contribution in [-0.4, -0.2) is 19.7 Å². The third kappa shape index (κ3) is 2.58. The van der Waals surface area contributed by atoms with Crippen molar-refractivity contribution in [2.24, 2.45) is 0 Å². The number of hydrogen-bond acceptors (Lipinski definition) is 4. The zero-order chi connectivity index (χ0) is 13.0. The Hall–Kier alpha value is -2.11. The highest BCUT2D eigenvalue weighted by atomic mass is 16.1. The lowest BCUT2D eigenvalue weighted by molar-refractivity contribution is 0.649. The second kappa shape index (κ2) is 5.48. The van der Waals surface area contributed by atoms with Crippen molar-refractivity contribution < 1.29 is 0 Å². The van der Waals surface area contributed by atoms with Crippen LogP contribution in [0.3, 0.4) is 0 Å². The molecule has 2 N–H and O–H groups in total. The fourth-order valence-corrected chi connectivity index (χ4v) is 1.72. The van der Waals surface area contributed by atoms with E-state index in [1.807, 2.05) is 13.8 Å². The fourth-order valence-electron chi connectivity index (χ4n) is 1.72. The molecule has 6 heteroatoms. The molecular weight excluding hydrogens is 230 g/mol. The Morgan fingerprint density at radius 2 is 2.33 bits per heavy atom. The van der Waals surface area contributed by atoms with E-state index < -0.39 is 0 Å². The van der Waals surface area contributed by atoms with E-state index in [0.29, 0.717) is 18.9 Å². The van der Waals surface area contributed by atoms with Crippen LogP contribution in [0.25, 0.3) is 0 Å². The molecule has 0 spiro atoms. The van der Waals surface area contributed by atoms with Crippen molar-refractivity contribution in [1.82, 2.24) is 19.7 Å². The second-order valence-electron chi connectivity index (χ2n) is 4.15. The van der Waals surface area contributed by atoms with Gasteiger partial charge < -0.3 is 9.88 Å². The van der Waals surface area contributed by atoms with Crippen LogP contribution in [0.15, 0.2) is 23.4 Å².